The Morgan fingerprint density at radius 3 is 1.45 bits per heavy atom. The van der Waals surface area contributed by atoms with E-state index in [0.717, 1.165) is 12.5 Å². The average Bonchev–Trinajstić information content (AvgIpc) is 2.43. The molecule has 0 radical (unpaired) electrons. The van der Waals surface area contributed by atoms with Gasteiger partial charge in [0.2, 0.25) is 0 Å². The maximum Gasteiger partial charge on any atom is 0.394 e. The van der Waals surface area contributed by atoms with Gasteiger partial charge < -0.3 is 5.73 Å². The van der Waals surface area contributed by atoms with Gasteiger partial charge in [-0.3, -0.25) is 9.11 Å². The molecule has 0 saturated carbocycles. The Labute approximate surface area is 137 Å². The molecule has 0 saturated heterocycles. The van der Waals surface area contributed by atoms with Crippen molar-refractivity contribution in [3.8, 4) is 0 Å². The fourth-order valence-electron chi connectivity index (χ4n) is 2.45. The molecule has 0 amide bonds. The molecule has 5 nitrogen and oxygen atoms in total. The van der Waals surface area contributed by atoms with E-state index in [1.807, 2.05) is 0 Å². The molecular formula is C16H37NO4S. The highest BCUT2D eigenvalue weighted by atomic mass is 32.3. The van der Waals surface area contributed by atoms with Crippen molar-refractivity contribution >= 4 is 10.4 Å². The van der Waals surface area contributed by atoms with Crippen LogP contribution in [0.2, 0.25) is 0 Å². The number of hydrogen-bond acceptors (Lipinski definition) is 3. The standard InChI is InChI=1S/C16H35N.H2O4S/c1-3-5-7-9-10-12-14-16(15-17)13-11-8-6-4-2;1-5(2,3)4/h16H,3-15,17H2,1-2H3;(H2,1,2,3,4). The highest BCUT2D eigenvalue weighted by molar-refractivity contribution is 7.79. The second kappa shape index (κ2) is 17.2. The van der Waals surface area contributed by atoms with Crippen LogP contribution >= 0.6 is 0 Å². The first-order valence-electron chi connectivity index (χ1n) is 8.75. The van der Waals surface area contributed by atoms with Crippen LogP contribution in [0.1, 0.15) is 90.9 Å². The Bertz CT molecular complexity index is 299. The minimum absolute atomic E-state index is 0.804. The second-order valence-electron chi connectivity index (χ2n) is 5.96. The molecule has 0 bridgehead atoms. The molecule has 0 aliphatic rings. The highest BCUT2D eigenvalue weighted by Crippen LogP contribution is 2.17. The largest absolute Gasteiger partial charge is 0.394 e. The highest BCUT2D eigenvalue weighted by Gasteiger charge is 2.05. The summed E-state index contributed by atoms with van der Waals surface area (Å²) in [7, 11) is -4.67. The Morgan fingerprint density at radius 2 is 1.09 bits per heavy atom. The topological polar surface area (TPSA) is 101 Å². The summed E-state index contributed by atoms with van der Waals surface area (Å²) < 4.78 is 31.6. The summed E-state index contributed by atoms with van der Waals surface area (Å²) in [6.07, 6.45) is 16.7. The molecular weight excluding hydrogens is 302 g/mol. The van der Waals surface area contributed by atoms with Gasteiger partial charge in [0.05, 0.1) is 0 Å². The number of unbranched alkanes of at least 4 members (excludes halogenated alkanes) is 8. The van der Waals surface area contributed by atoms with Crippen molar-refractivity contribution in [2.24, 2.45) is 11.7 Å². The third-order valence-corrected chi connectivity index (χ3v) is 3.77. The summed E-state index contributed by atoms with van der Waals surface area (Å²) in [4.78, 5) is 0. The predicted octanol–water partition coefficient (Wildman–Crippen LogP) is 4.63. The van der Waals surface area contributed by atoms with Crippen molar-refractivity contribution in [3.05, 3.63) is 0 Å². The van der Waals surface area contributed by atoms with Gasteiger partial charge in [-0.25, -0.2) is 0 Å². The van der Waals surface area contributed by atoms with Gasteiger partial charge in [0.15, 0.2) is 0 Å². The SMILES string of the molecule is CCCCCCCCC(CN)CCCCCC.O=S(=O)(O)O. The van der Waals surface area contributed by atoms with E-state index in [1.165, 1.54) is 77.0 Å². The Balaban J connectivity index is 0. The number of hydrogen-bond donors (Lipinski definition) is 3. The van der Waals surface area contributed by atoms with Crippen LogP contribution in [0.5, 0.6) is 0 Å². The molecule has 0 spiro atoms. The summed E-state index contributed by atoms with van der Waals surface area (Å²) in [5, 5.41) is 0. The first kappa shape index (κ1) is 24.1. The molecule has 22 heavy (non-hydrogen) atoms. The Hall–Kier alpha value is -0.170. The summed E-state index contributed by atoms with van der Waals surface area (Å²) in [5.41, 5.74) is 5.85. The molecule has 0 aromatic rings. The summed E-state index contributed by atoms with van der Waals surface area (Å²) in [5.74, 6) is 0.804. The van der Waals surface area contributed by atoms with Crippen LogP contribution in [0.4, 0.5) is 0 Å². The van der Waals surface area contributed by atoms with Crippen LogP contribution in [0.15, 0.2) is 0 Å². The van der Waals surface area contributed by atoms with Gasteiger partial charge >= 0.3 is 10.4 Å². The lowest BCUT2D eigenvalue weighted by Crippen LogP contribution is -2.14. The van der Waals surface area contributed by atoms with Gasteiger partial charge in [-0.1, -0.05) is 78.1 Å². The van der Waals surface area contributed by atoms with Crippen molar-refractivity contribution in [3.63, 3.8) is 0 Å². The van der Waals surface area contributed by atoms with Crippen molar-refractivity contribution in [1.82, 2.24) is 0 Å². The third kappa shape index (κ3) is 28.1. The molecule has 0 heterocycles. The zero-order chi connectivity index (χ0) is 17.3. The van der Waals surface area contributed by atoms with Crippen LogP contribution in [0.25, 0.3) is 0 Å². The first-order valence-corrected chi connectivity index (χ1v) is 10.1. The van der Waals surface area contributed by atoms with Crippen LogP contribution in [0, 0.1) is 5.92 Å². The van der Waals surface area contributed by atoms with Crippen molar-refractivity contribution in [2.45, 2.75) is 90.9 Å². The van der Waals surface area contributed by atoms with E-state index in [1.54, 1.807) is 0 Å². The zero-order valence-electron chi connectivity index (χ0n) is 14.5. The second-order valence-corrected chi connectivity index (χ2v) is 6.85. The molecule has 4 N–H and O–H groups in total. The van der Waals surface area contributed by atoms with Crippen molar-refractivity contribution in [2.75, 3.05) is 6.54 Å². The van der Waals surface area contributed by atoms with Gasteiger partial charge in [0.25, 0.3) is 0 Å². The van der Waals surface area contributed by atoms with Crippen LogP contribution in [-0.2, 0) is 10.4 Å². The average molecular weight is 340 g/mol. The zero-order valence-corrected chi connectivity index (χ0v) is 15.3. The maximum absolute atomic E-state index is 8.74. The third-order valence-electron chi connectivity index (χ3n) is 3.77. The van der Waals surface area contributed by atoms with E-state index in [9.17, 15) is 0 Å². The molecule has 0 aromatic carbocycles. The van der Waals surface area contributed by atoms with Crippen LogP contribution in [0.3, 0.4) is 0 Å². The fourth-order valence-corrected chi connectivity index (χ4v) is 2.45. The van der Waals surface area contributed by atoms with Gasteiger partial charge in [0.1, 0.15) is 0 Å². The minimum atomic E-state index is -4.67. The molecule has 0 aromatic heterocycles. The summed E-state index contributed by atoms with van der Waals surface area (Å²) >= 11 is 0. The van der Waals surface area contributed by atoms with E-state index in [-0.39, 0.29) is 0 Å². The van der Waals surface area contributed by atoms with E-state index in [2.05, 4.69) is 13.8 Å². The summed E-state index contributed by atoms with van der Waals surface area (Å²) in [6, 6.07) is 0. The van der Waals surface area contributed by atoms with Gasteiger partial charge in [-0.2, -0.15) is 8.42 Å². The molecule has 6 heteroatoms. The van der Waals surface area contributed by atoms with Crippen LogP contribution < -0.4 is 5.73 Å². The Morgan fingerprint density at radius 1 is 0.773 bits per heavy atom. The molecule has 0 aliphatic heterocycles. The number of nitrogens with two attached hydrogens (primary N) is 1. The molecule has 0 rings (SSSR count). The van der Waals surface area contributed by atoms with Crippen LogP contribution in [-0.4, -0.2) is 24.1 Å². The normalized spacial score (nSPS) is 12.6. The molecule has 136 valence electrons. The van der Waals surface area contributed by atoms with E-state index >= 15 is 0 Å². The van der Waals surface area contributed by atoms with Gasteiger partial charge in [-0.15, -0.1) is 0 Å². The maximum atomic E-state index is 8.74. The lowest BCUT2D eigenvalue weighted by atomic mass is 9.94. The van der Waals surface area contributed by atoms with Crippen molar-refractivity contribution < 1.29 is 17.5 Å². The Kier molecular flexibility index (Phi) is 18.8. The lowest BCUT2D eigenvalue weighted by Gasteiger charge is -2.14. The van der Waals surface area contributed by atoms with E-state index in [4.69, 9.17) is 23.3 Å². The summed E-state index contributed by atoms with van der Waals surface area (Å²) in [6.45, 7) is 5.46. The first-order chi connectivity index (χ1) is 10.3. The molecule has 0 fully saturated rings. The minimum Gasteiger partial charge on any atom is -0.330 e. The van der Waals surface area contributed by atoms with Gasteiger partial charge in [-0.05, 0) is 25.3 Å². The van der Waals surface area contributed by atoms with Gasteiger partial charge in [0, 0.05) is 0 Å². The van der Waals surface area contributed by atoms with E-state index < -0.39 is 10.4 Å². The fraction of sp³-hybridized carbons (Fsp3) is 1.00. The molecule has 0 aliphatic carbocycles. The number of rotatable bonds is 13. The predicted molar refractivity (Wildman–Crippen MR) is 93.5 cm³/mol. The molecule has 1 unspecified atom stereocenters. The van der Waals surface area contributed by atoms with E-state index in [0.29, 0.717) is 0 Å². The van der Waals surface area contributed by atoms with Crippen molar-refractivity contribution in [1.29, 1.82) is 0 Å². The smallest absolute Gasteiger partial charge is 0.330 e. The lowest BCUT2D eigenvalue weighted by molar-refractivity contribution is 0.381. The monoisotopic (exact) mass is 339 g/mol. The quantitative estimate of drug-likeness (QED) is 0.335. The molecule has 1 atom stereocenters.